The Morgan fingerprint density at radius 2 is 1.94 bits per heavy atom. The normalized spacial score (nSPS) is 10.6. The van der Waals surface area contributed by atoms with Crippen molar-refractivity contribution in [1.29, 1.82) is 0 Å². The fourth-order valence-electron chi connectivity index (χ4n) is 1.92. The topological polar surface area (TPSA) is 22.1 Å². The molecule has 0 N–H and O–H groups in total. The number of hydrogen-bond donors (Lipinski definition) is 0. The van der Waals surface area contributed by atoms with Crippen molar-refractivity contribution in [3.05, 3.63) is 33.6 Å². The minimum absolute atomic E-state index is 0.811. The van der Waals surface area contributed by atoms with E-state index in [4.69, 9.17) is 4.74 Å². The van der Waals surface area contributed by atoms with Gasteiger partial charge in [-0.1, -0.05) is 15.9 Å². The van der Waals surface area contributed by atoms with E-state index in [-0.39, 0.29) is 0 Å². The third kappa shape index (κ3) is 2.53. The Labute approximate surface area is 114 Å². The van der Waals surface area contributed by atoms with Crippen LogP contribution in [0.15, 0.2) is 17.5 Å². The van der Waals surface area contributed by atoms with Crippen LogP contribution < -0.4 is 4.74 Å². The minimum atomic E-state index is 0.811. The van der Waals surface area contributed by atoms with Crippen LogP contribution in [0.4, 0.5) is 0 Å². The number of alkyl halides is 1. The van der Waals surface area contributed by atoms with Crippen LogP contribution in [0.2, 0.25) is 0 Å². The molecular formula is C13H14BrNOS. The van der Waals surface area contributed by atoms with E-state index in [0.29, 0.717) is 0 Å². The number of ether oxygens (including phenoxy) is 1. The maximum atomic E-state index is 5.37. The van der Waals surface area contributed by atoms with Crippen molar-refractivity contribution in [1.82, 2.24) is 4.98 Å². The molecule has 2 nitrogen and oxygen atoms in total. The zero-order valence-corrected chi connectivity index (χ0v) is 12.5. The quantitative estimate of drug-likeness (QED) is 0.787. The van der Waals surface area contributed by atoms with Crippen molar-refractivity contribution < 1.29 is 4.74 Å². The smallest absolute Gasteiger partial charge is 0.124 e. The molecule has 2 aromatic rings. The number of thiazole rings is 1. The second kappa shape index (κ2) is 5.19. The fourth-order valence-corrected chi connectivity index (χ4v) is 3.10. The average Bonchev–Trinajstić information content (AvgIpc) is 2.77. The standard InChI is InChI=1S/C13H14BrNOS/c1-8-4-10(5-9(2)13(8)16-3)11-7-17-12(6-14)15-11/h4-5,7H,6H2,1-3H3. The molecule has 0 spiro atoms. The molecule has 0 aliphatic carbocycles. The molecule has 0 amide bonds. The number of hydrogen-bond acceptors (Lipinski definition) is 3. The highest BCUT2D eigenvalue weighted by molar-refractivity contribution is 9.08. The molecule has 17 heavy (non-hydrogen) atoms. The maximum Gasteiger partial charge on any atom is 0.124 e. The lowest BCUT2D eigenvalue weighted by Gasteiger charge is -2.10. The van der Waals surface area contributed by atoms with Crippen LogP contribution in [0.25, 0.3) is 11.3 Å². The zero-order valence-electron chi connectivity index (χ0n) is 10.1. The number of nitrogens with zero attached hydrogens (tertiary/aromatic N) is 1. The average molecular weight is 312 g/mol. The molecule has 0 saturated heterocycles. The highest BCUT2D eigenvalue weighted by Crippen LogP contribution is 2.30. The number of halogens is 1. The van der Waals surface area contributed by atoms with Crippen LogP contribution in [0, 0.1) is 13.8 Å². The van der Waals surface area contributed by atoms with E-state index >= 15 is 0 Å². The lowest BCUT2D eigenvalue weighted by atomic mass is 10.0. The van der Waals surface area contributed by atoms with Gasteiger partial charge in [-0.15, -0.1) is 11.3 Å². The maximum absolute atomic E-state index is 5.37. The minimum Gasteiger partial charge on any atom is -0.496 e. The Morgan fingerprint density at radius 1 is 1.29 bits per heavy atom. The van der Waals surface area contributed by atoms with Crippen molar-refractivity contribution in [2.45, 2.75) is 19.2 Å². The van der Waals surface area contributed by atoms with Gasteiger partial charge in [-0.05, 0) is 37.1 Å². The van der Waals surface area contributed by atoms with Gasteiger partial charge >= 0.3 is 0 Å². The van der Waals surface area contributed by atoms with Gasteiger partial charge in [-0.2, -0.15) is 0 Å². The molecule has 0 aliphatic heterocycles. The Kier molecular flexibility index (Phi) is 3.84. The highest BCUT2D eigenvalue weighted by Gasteiger charge is 2.09. The molecule has 0 fully saturated rings. The molecule has 0 aliphatic rings. The molecule has 0 unspecified atom stereocenters. The van der Waals surface area contributed by atoms with Gasteiger partial charge in [0.15, 0.2) is 0 Å². The molecule has 0 atom stereocenters. The van der Waals surface area contributed by atoms with Gasteiger partial charge in [-0.25, -0.2) is 4.98 Å². The van der Waals surface area contributed by atoms with Crippen LogP contribution in [-0.2, 0) is 5.33 Å². The Balaban J connectivity index is 2.46. The third-order valence-electron chi connectivity index (χ3n) is 2.63. The number of aromatic nitrogens is 1. The summed E-state index contributed by atoms with van der Waals surface area (Å²) in [4.78, 5) is 4.57. The first-order chi connectivity index (χ1) is 8.15. The Morgan fingerprint density at radius 3 is 2.41 bits per heavy atom. The molecule has 0 saturated carbocycles. The number of methoxy groups -OCH3 is 1. The number of benzene rings is 1. The second-order valence-corrected chi connectivity index (χ2v) is 5.41. The zero-order chi connectivity index (χ0) is 12.4. The summed E-state index contributed by atoms with van der Waals surface area (Å²) in [6.45, 7) is 4.13. The predicted molar refractivity (Wildman–Crippen MR) is 76.2 cm³/mol. The first-order valence-electron chi connectivity index (χ1n) is 5.31. The molecule has 1 aromatic carbocycles. The van der Waals surface area contributed by atoms with E-state index < -0.39 is 0 Å². The van der Waals surface area contributed by atoms with E-state index in [9.17, 15) is 0 Å². The molecular weight excluding hydrogens is 298 g/mol. The monoisotopic (exact) mass is 311 g/mol. The van der Waals surface area contributed by atoms with Crippen molar-refractivity contribution >= 4 is 27.3 Å². The van der Waals surface area contributed by atoms with Gasteiger partial charge in [0.25, 0.3) is 0 Å². The van der Waals surface area contributed by atoms with Crippen molar-refractivity contribution in [2.24, 2.45) is 0 Å². The molecule has 2 rings (SSSR count). The summed E-state index contributed by atoms with van der Waals surface area (Å²) >= 11 is 5.10. The largest absolute Gasteiger partial charge is 0.496 e. The van der Waals surface area contributed by atoms with Crippen LogP contribution in [-0.4, -0.2) is 12.1 Å². The number of aryl methyl sites for hydroxylation is 2. The predicted octanol–water partition coefficient (Wildman–Crippen LogP) is 4.33. The van der Waals surface area contributed by atoms with Crippen LogP contribution in [0.5, 0.6) is 5.75 Å². The summed E-state index contributed by atoms with van der Waals surface area (Å²) in [5.74, 6) is 0.963. The van der Waals surface area contributed by atoms with E-state index in [1.165, 1.54) is 0 Å². The van der Waals surface area contributed by atoms with Crippen molar-refractivity contribution in [3.63, 3.8) is 0 Å². The van der Waals surface area contributed by atoms with Gasteiger partial charge in [-0.3, -0.25) is 0 Å². The SMILES string of the molecule is COc1c(C)cc(-c2csc(CBr)n2)cc1C. The van der Waals surface area contributed by atoms with Gasteiger partial charge in [0.1, 0.15) is 10.8 Å². The van der Waals surface area contributed by atoms with Crippen molar-refractivity contribution in [2.75, 3.05) is 7.11 Å². The molecule has 0 bridgehead atoms. The second-order valence-electron chi connectivity index (χ2n) is 3.90. The molecule has 4 heteroatoms. The van der Waals surface area contributed by atoms with Crippen LogP contribution >= 0.6 is 27.3 Å². The summed E-state index contributed by atoms with van der Waals surface area (Å²) in [6.07, 6.45) is 0. The fraction of sp³-hybridized carbons (Fsp3) is 0.308. The van der Waals surface area contributed by atoms with Gasteiger partial charge in [0.2, 0.25) is 0 Å². The first kappa shape index (κ1) is 12.6. The summed E-state index contributed by atoms with van der Waals surface area (Å²) in [6, 6.07) is 4.25. The summed E-state index contributed by atoms with van der Waals surface area (Å²) in [5, 5.41) is 4.01. The first-order valence-corrected chi connectivity index (χ1v) is 7.31. The summed E-state index contributed by atoms with van der Waals surface area (Å²) < 4.78 is 5.37. The van der Waals surface area contributed by atoms with Gasteiger partial charge in [0.05, 0.1) is 18.1 Å². The van der Waals surface area contributed by atoms with Crippen molar-refractivity contribution in [3.8, 4) is 17.0 Å². The molecule has 90 valence electrons. The van der Waals surface area contributed by atoms with E-state index in [0.717, 1.165) is 38.5 Å². The van der Waals surface area contributed by atoms with Gasteiger partial charge in [0, 0.05) is 10.9 Å². The Hall–Kier alpha value is -0.870. The van der Waals surface area contributed by atoms with Gasteiger partial charge < -0.3 is 4.74 Å². The highest BCUT2D eigenvalue weighted by atomic mass is 79.9. The van der Waals surface area contributed by atoms with E-state index in [2.05, 4.69) is 52.3 Å². The Bertz CT molecular complexity index is 513. The summed E-state index contributed by atoms with van der Waals surface area (Å²) in [7, 11) is 1.71. The van der Waals surface area contributed by atoms with Crippen LogP contribution in [0.1, 0.15) is 16.1 Å². The lowest BCUT2D eigenvalue weighted by Crippen LogP contribution is -1.92. The summed E-state index contributed by atoms with van der Waals surface area (Å²) in [5.41, 5.74) is 4.49. The van der Waals surface area contributed by atoms with Crippen LogP contribution in [0.3, 0.4) is 0 Å². The van der Waals surface area contributed by atoms with E-state index in [1.807, 2.05) is 0 Å². The third-order valence-corrected chi connectivity index (χ3v) is 4.38. The molecule has 1 aromatic heterocycles. The molecule has 0 radical (unpaired) electrons. The number of rotatable bonds is 3. The lowest BCUT2D eigenvalue weighted by molar-refractivity contribution is 0.408. The van der Waals surface area contributed by atoms with E-state index in [1.54, 1.807) is 18.4 Å². The molecule has 1 heterocycles.